The van der Waals surface area contributed by atoms with Crippen LogP contribution in [0.4, 0.5) is 0 Å². The van der Waals surface area contributed by atoms with Crippen molar-refractivity contribution < 1.29 is 4.79 Å². The van der Waals surface area contributed by atoms with Crippen LogP contribution >= 0.6 is 0 Å². The van der Waals surface area contributed by atoms with Crippen LogP contribution in [-0.2, 0) is 11.3 Å². The molecule has 0 saturated carbocycles. The Labute approximate surface area is 164 Å². The van der Waals surface area contributed by atoms with Crippen LogP contribution < -0.4 is 16.2 Å². The van der Waals surface area contributed by atoms with E-state index in [9.17, 15) is 4.79 Å². The van der Waals surface area contributed by atoms with Crippen LogP contribution in [0.3, 0.4) is 0 Å². The van der Waals surface area contributed by atoms with Crippen LogP contribution in [0.1, 0.15) is 28.6 Å². The minimum absolute atomic E-state index is 0.0320. The lowest BCUT2D eigenvalue weighted by molar-refractivity contribution is -0.125. The molecule has 2 aromatic carbocycles. The first kappa shape index (κ1) is 18.4. The van der Waals surface area contributed by atoms with E-state index in [1.165, 1.54) is 0 Å². The van der Waals surface area contributed by atoms with Crippen molar-refractivity contribution in [3.8, 4) is 5.69 Å². The van der Waals surface area contributed by atoms with Crippen molar-refractivity contribution in [1.82, 2.24) is 25.9 Å². The molecule has 6 nitrogen and oxygen atoms in total. The fourth-order valence-corrected chi connectivity index (χ4v) is 3.78. The molecule has 0 radical (unpaired) electrons. The number of rotatable bonds is 5. The van der Waals surface area contributed by atoms with Crippen molar-refractivity contribution in [1.29, 1.82) is 0 Å². The Morgan fingerprint density at radius 2 is 1.79 bits per heavy atom. The number of benzene rings is 2. The van der Waals surface area contributed by atoms with E-state index in [2.05, 4.69) is 21.3 Å². The highest BCUT2D eigenvalue weighted by molar-refractivity contribution is 5.80. The van der Waals surface area contributed by atoms with E-state index in [-0.39, 0.29) is 17.9 Å². The largest absolute Gasteiger partial charge is 0.352 e. The van der Waals surface area contributed by atoms with Crippen LogP contribution in [0.25, 0.3) is 5.69 Å². The first-order chi connectivity index (χ1) is 13.6. The van der Waals surface area contributed by atoms with E-state index in [1.807, 2.05) is 79.2 Å². The van der Waals surface area contributed by atoms with Gasteiger partial charge in [0.15, 0.2) is 0 Å². The average Bonchev–Trinajstić information content (AvgIpc) is 3.33. The molecular formula is C22H25N5O. The molecular weight excluding hydrogens is 350 g/mol. The van der Waals surface area contributed by atoms with Gasteiger partial charge in [-0.05, 0) is 31.5 Å². The van der Waals surface area contributed by atoms with Gasteiger partial charge in [0.2, 0.25) is 5.91 Å². The van der Waals surface area contributed by atoms with Gasteiger partial charge >= 0.3 is 0 Å². The summed E-state index contributed by atoms with van der Waals surface area (Å²) in [7, 11) is 0. The first-order valence-corrected chi connectivity index (χ1v) is 9.56. The minimum Gasteiger partial charge on any atom is -0.352 e. The number of hydrogen-bond acceptors (Lipinski definition) is 4. The topological polar surface area (TPSA) is 71.0 Å². The Bertz CT molecular complexity index is 952. The van der Waals surface area contributed by atoms with Crippen LogP contribution in [0.5, 0.6) is 0 Å². The molecule has 2 unspecified atom stereocenters. The van der Waals surface area contributed by atoms with E-state index in [1.54, 1.807) is 0 Å². The molecule has 28 heavy (non-hydrogen) atoms. The summed E-state index contributed by atoms with van der Waals surface area (Å²) in [5.41, 5.74) is 11.5. The van der Waals surface area contributed by atoms with E-state index in [0.29, 0.717) is 13.1 Å². The van der Waals surface area contributed by atoms with Crippen LogP contribution in [0.15, 0.2) is 60.7 Å². The molecule has 1 aromatic heterocycles. The molecule has 2 heterocycles. The molecule has 3 aromatic rings. The summed E-state index contributed by atoms with van der Waals surface area (Å²) in [5, 5.41) is 7.77. The fourth-order valence-electron chi connectivity index (χ4n) is 3.78. The molecule has 2 atom stereocenters. The lowest BCUT2D eigenvalue weighted by atomic mass is 9.94. The highest BCUT2D eigenvalue weighted by atomic mass is 16.2. The maximum atomic E-state index is 12.9. The van der Waals surface area contributed by atoms with Gasteiger partial charge in [-0.25, -0.2) is 10.1 Å². The molecule has 0 bridgehead atoms. The van der Waals surface area contributed by atoms with Gasteiger partial charge < -0.3 is 5.32 Å². The summed E-state index contributed by atoms with van der Waals surface area (Å²) in [6.45, 7) is 5.10. The molecule has 144 valence electrons. The van der Waals surface area contributed by atoms with E-state index >= 15 is 0 Å². The van der Waals surface area contributed by atoms with Crippen molar-refractivity contribution in [3.05, 3.63) is 83.2 Å². The molecule has 1 fully saturated rings. The second-order valence-electron chi connectivity index (χ2n) is 7.13. The van der Waals surface area contributed by atoms with E-state index < -0.39 is 0 Å². The molecule has 1 saturated heterocycles. The standard InChI is InChI=1S/C22H25N5O/c1-15-19(16(2)27(26-15)18-11-7-4-8-12-18)13-23-22(28)20-14-24-25-21(20)17-9-5-3-6-10-17/h3-12,20-21,24-25H,13-14H2,1-2H3,(H,23,28). The number of hydrogen-bond donors (Lipinski definition) is 3. The van der Waals surface area contributed by atoms with Gasteiger partial charge in [0.25, 0.3) is 0 Å². The lowest BCUT2D eigenvalue weighted by Gasteiger charge is -2.18. The number of para-hydroxylation sites is 1. The smallest absolute Gasteiger partial charge is 0.226 e. The normalized spacial score (nSPS) is 18.9. The van der Waals surface area contributed by atoms with Crippen molar-refractivity contribution >= 4 is 5.91 Å². The summed E-state index contributed by atoms with van der Waals surface area (Å²) in [6.07, 6.45) is 0. The predicted octanol–water partition coefficient (Wildman–Crippen LogP) is 2.57. The molecule has 0 aliphatic carbocycles. The monoisotopic (exact) mass is 375 g/mol. The number of carbonyl (C=O) groups is 1. The summed E-state index contributed by atoms with van der Waals surface area (Å²) in [4.78, 5) is 12.9. The minimum atomic E-state index is -0.160. The summed E-state index contributed by atoms with van der Waals surface area (Å²) < 4.78 is 1.93. The Morgan fingerprint density at radius 1 is 1.11 bits per heavy atom. The van der Waals surface area contributed by atoms with Gasteiger partial charge in [0.1, 0.15) is 0 Å². The van der Waals surface area contributed by atoms with Gasteiger partial charge in [-0.3, -0.25) is 10.2 Å². The number of hydrazine groups is 1. The van der Waals surface area contributed by atoms with Gasteiger partial charge in [-0.1, -0.05) is 48.5 Å². The number of carbonyl (C=O) groups excluding carboxylic acids is 1. The maximum absolute atomic E-state index is 12.9. The number of aryl methyl sites for hydroxylation is 1. The Hall–Kier alpha value is -2.96. The SMILES string of the molecule is Cc1nn(-c2ccccc2)c(C)c1CNC(=O)C1CNNC1c1ccccc1. The fraction of sp³-hybridized carbons (Fsp3) is 0.273. The number of nitrogens with one attached hydrogen (secondary N) is 3. The molecule has 0 spiro atoms. The third-order valence-corrected chi connectivity index (χ3v) is 5.36. The van der Waals surface area contributed by atoms with Gasteiger partial charge in [0, 0.05) is 24.3 Å². The lowest BCUT2D eigenvalue weighted by Crippen LogP contribution is -2.34. The van der Waals surface area contributed by atoms with Crippen LogP contribution in [0.2, 0.25) is 0 Å². The van der Waals surface area contributed by atoms with Gasteiger partial charge in [-0.15, -0.1) is 0 Å². The first-order valence-electron chi connectivity index (χ1n) is 9.56. The molecule has 3 N–H and O–H groups in total. The Balaban J connectivity index is 1.47. The van der Waals surface area contributed by atoms with Crippen molar-refractivity contribution in [2.75, 3.05) is 6.54 Å². The zero-order chi connectivity index (χ0) is 19.5. The van der Waals surface area contributed by atoms with Crippen LogP contribution in [-0.4, -0.2) is 22.2 Å². The molecule has 6 heteroatoms. The zero-order valence-corrected chi connectivity index (χ0v) is 16.1. The number of amides is 1. The summed E-state index contributed by atoms with van der Waals surface area (Å²) in [6, 6.07) is 20.1. The van der Waals surface area contributed by atoms with Gasteiger partial charge in [0.05, 0.1) is 23.3 Å². The van der Waals surface area contributed by atoms with Gasteiger partial charge in [-0.2, -0.15) is 5.10 Å². The van der Waals surface area contributed by atoms with Crippen molar-refractivity contribution in [2.24, 2.45) is 5.92 Å². The Kier molecular flexibility index (Phi) is 5.23. The van der Waals surface area contributed by atoms with Crippen molar-refractivity contribution in [2.45, 2.75) is 26.4 Å². The third-order valence-electron chi connectivity index (χ3n) is 5.36. The highest BCUT2D eigenvalue weighted by Crippen LogP contribution is 2.25. The molecule has 1 aliphatic heterocycles. The Morgan fingerprint density at radius 3 is 2.50 bits per heavy atom. The predicted molar refractivity (Wildman–Crippen MR) is 109 cm³/mol. The molecule has 4 rings (SSSR count). The van der Waals surface area contributed by atoms with E-state index in [0.717, 1.165) is 28.2 Å². The zero-order valence-electron chi connectivity index (χ0n) is 16.1. The highest BCUT2D eigenvalue weighted by Gasteiger charge is 2.33. The second-order valence-corrected chi connectivity index (χ2v) is 7.13. The summed E-state index contributed by atoms with van der Waals surface area (Å²) in [5.74, 6) is -0.121. The van der Waals surface area contributed by atoms with E-state index in [4.69, 9.17) is 0 Å². The van der Waals surface area contributed by atoms with Crippen molar-refractivity contribution in [3.63, 3.8) is 0 Å². The van der Waals surface area contributed by atoms with Crippen LogP contribution in [0, 0.1) is 19.8 Å². The molecule has 1 amide bonds. The quantitative estimate of drug-likeness (QED) is 0.641. The third kappa shape index (κ3) is 3.56. The average molecular weight is 375 g/mol. The second kappa shape index (κ2) is 7.96. The number of nitrogens with zero attached hydrogens (tertiary/aromatic N) is 2. The summed E-state index contributed by atoms with van der Waals surface area (Å²) >= 11 is 0. The maximum Gasteiger partial charge on any atom is 0.226 e. The molecule has 1 aliphatic rings. The number of aromatic nitrogens is 2.